The SMILES string of the molecule is [CH2]C1CC(OC)C(OC)CC1OC. The van der Waals surface area contributed by atoms with E-state index in [9.17, 15) is 0 Å². The average Bonchev–Trinajstić information content (AvgIpc) is 2.17. The first-order valence-corrected chi connectivity index (χ1v) is 4.64. The molecule has 1 rings (SSSR count). The lowest BCUT2D eigenvalue weighted by atomic mass is 9.84. The number of hydrogen-bond donors (Lipinski definition) is 0. The van der Waals surface area contributed by atoms with E-state index in [0.717, 1.165) is 12.8 Å². The van der Waals surface area contributed by atoms with E-state index in [4.69, 9.17) is 14.2 Å². The fraction of sp³-hybridized carbons (Fsp3) is 0.900. The summed E-state index contributed by atoms with van der Waals surface area (Å²) in [5.41, 5.74) is 0. The van der Waals surface area contributed by atoms with Gasteiger partial charge >= 0.3 is 0 Å². The lowest BCUT2D eigenvalue weighted by Gasteiger charge is -2.37. The third-order valence-corrected chi connectivity index (χ3v) is 2.85. The van der Waals surface area contributed by atoms with E-state index in [2.05, 4.69) is 6.92 Å². The van der Waals surface area contributed by atoms with Crippen LogP contribution in [0, 0.1) is 12.8 Å². The number of ether oxygens (including phenoxy) is 3. The molecule has 0 amide bonds. The van der Waals surface area contributed by atoms with Crippen LogP contribution in [0.4, 0.5) is 0 Å². The molecule has 1 aliphatic carbocycles. The van der Waals surface area contributed by atoms with Gasteiger partial charge < -0.3 is 14.2 Å². The molecule has 0 aliphatic heterocycles. The highest BCUT2D eigenvalue weighted by Gasteiger charge is 2.35. The molecular weight excluding hydrogens is 168 g/mol. The van der Waals surface area contributed by atoms with E-state index in [-0.39, 0.29) is 18.3 Å². The van der Waals surface area contributed by atoms with Crippen LogP contribution in [0.5, 0.6) is 0 Å². The molecule has 4 unspecified atom stereocenters. The molecule has 77 valence electrons. The van der Waals surface area contributed by atoms with Gasteiger partial charge in [0.25, 0.3) is 0 Å². The van der Waals surface area contributed by atoms with Gasteiger partial charge in [0, 0.05) is 27.8 Å². The molecule has 1 radical (unpaired) electrons. The summed E-state index contributed by atoms with van der Waals surface area (Å²) in [5.74, 6) is 0.307. The van der Waals surface area contributed by atoms with Gasteiger partial charge in [0.1, 0.15) is 0 Å². The summed E-state index contributed by atoms with van der Waals surface area (Å²) in [7, 11) is 5.16. The lowest BCUT2D eigenvalue weighted by molar-refractivity contribution is -0.108. The van der Waals surface area contributed by atoms with Gasteiger partial charge in [-0.25, -0.2) is 0 Å². The Morgan fingerprint density at radius 3 is 1.77 bits per heavy atom. The fourth-order valence-corrected chi connectivity index (χ4v) is 1.96. The first-order chi connectivity index (χ1) is 6.22. The van der Waals surface area contributed by atoms with Crippen molar-refractivity contribution in [1.82, 2.24) is 0 Å². The molecule has 0 aromatic heterocycles. The summed E-state index contributed by atoms with van der Waals surface area (Å²) in [6.45, 7) is 4.06. The molecule has 0 aromatic carbocycles. The van der Waals surface area contributed by atoms with Crippen LogP contribution in [-0.4, -0.2) is 39.6 Å². The van der Waals surface area contributed by atoms with E-state index in [1.807, 2.05) is 0 Å². The van der Waals surface area contributed by atoms with Crippen molar-refractivity contribution in [2.75, 3.05) is 21.3 Å². The van der Waals surface area contributed by atoms with Crippen molar-refractivity contribution in [3.8, 4) is 0 Å². The largest absolute Gasteiger partial charge is 0.381 e. The molecule has 0 aromatic rings. The van der Waals surface area contributed by atoms with Gasteiger partial charge in [0.15, 0.2) is 0 Å². The Balaban J connectivity index is 2.54. The highest BCUT2D eigenvalue weighted by Crippen LogP contribution is 2.29. The normalized spacial score (nSPS) is 40.6. The topological polar surface area (TPSA) is 27.7 Å². The Morgan fingerprint density at radius 1 is 0.846 bits per heavy atom. The third-order valence-electron chi connectivity index (χ3n) is 2.85. The minimum absolute atomic E-state index is 0.146. The van der Waals surface area contributed by atoms with E-state index >= 15 is 0 Å². The van der Waals surface area contributed by atoms with Gasteiger partial charge in [-0.1, -0.05) is 0 Å². The van der Waals surface area contributed by atoms with Gasteiger partial charge in [-0.2, -0.15) is 0 Å². The predicted molar refractivity (Wildman–Crippen MR) is 50.5 cm³/mol. The summed E-state index contributed by atoms with van der Waals surface area (Å²) < 4.78 is 16.0. The second-order valence-electron chi connectivity index (χ2n) is 3.55. The zero-order chi connectivity index (χ0) is 9.84. The van der Waals surface area contributed by atoms with Crippen LogP contribution in [0.15, 0.2) is 0 Å². The van der Waals surface area contributed by atoms with E-state index in [1.165, 1.54) is 0 Å². The summed E-state index contributed by atoms with van der Waals surface area (Å²) in [5, 5.41) is 0. The molecule has 0 spiro atoms. The van der Waals surface area contributed by atoms with Crippen molar-refractivity contribution < 1.29 is 14.2 Å². The fourth-order valence-electron chi connectivity index (χ4n) is 1.96. The van der Waals surface area contributed by atoms with Crippen molar-refractivity contribution in [2.24, 2.45) is 5.92 Å². The maximum absolute atomic E-state index is 5.34. The molecule has 1 fully saturated rings. The number of hydrogen-bond acceptors (Lipinski definition) is 3. The van der Waals surface area contributed by atoms with Crippen molar-refractivity contribution in [1.29, 1.82) is 0 Å². The van der Waals surface area contributed by atoms with Crippen molar-refractivity contribution in [3.63, 3.8) is 0 Å². The molecule has 13 heavy (non-hydrogen) atoms. The summed E-state index contributed by atoms with van der Waals surface area (Å²) in [4.78, 5) is 0. The molecule has 4 atom stereocenters. The van der Waals surface area contributed by atoms with Crippen LogP contribution in [-0.2, 0) is 14.2 Å². The van der Waals surface area contributed by atoms with Crippen molar-refractivity contribution in [3.05, 3.63) is 6.92 Å². The van der Waals surface area contributed by atoms with Crippen LogP contribution < -0.4 is 0 Å². The average molecular weight is 187 g/mol. The minimum Gasteiger partial charge on any atom is -0.381 e. The first kappa shape index (κ1) is 11.0. The summed E-state index contributed by atoms with van der Waals surface area (Å²) in [6.07, 6.45) is 2.30. The van der Waals surface area contributed by atoms with Gasteiger partial charge in [-0.15, -0.1) is 0 Å². The minimum atomic E-state index is 0.146. The van der Waals surface area contributed by atoms with Crippen LogP contribution in [0.2, 0.25) is 0 Å². The molecule has 0 N–H and O–H groups in total. The summed E-state index contributed by atoms with van der Waals surface area (Å²) >= 11 is 0. The molecule has 3 heteroatoms. The Bertz CT molecular complexity index is 149. The Morgan fingerprint density at radius 2 is 1.31 bits per heavy atom. The van der Waals surface area contributed by atoms with E-state index < -0.39 is 0 Å². The maximum Gasteiger partial charge on any atom is 0.0857 e. The zero-order valence-corrected chi connectivity index (χ0v) is 8.66. The van der Waals surface area contributed by atoms with Gasteiger partial charge in [-0.05, 0) is 19.3 Å². The molecule has 0 saturated heterocycles. The quantitative estimate of drug-likeness (QED) is 0.666. The van der Waals surface area contributed by atoms with Crippen molar-refractivity contribution >= 4 is 0 Å². The Labute approximate surface area is 80.4 Å². The van der Waals surface area contributed by atoms with Gasteiger partial charge in [0.05, 0.1) is 18.3 Å². The molecule has 0 heterocycles. The first-order valence-electron chi connectivity index (χ1n) is 4.64. The molecular formula is C10H19O3. The highest BCUT2D eigenvalue weighted by atomic mass is 16.5. The van der Waals surface area contributed by atoms with E-state index in [0.29, 0.717) is 5.92 Å². The second-order valence-corrected chi connectivity index (χ2v) is 3.55. The smallest absolute Gasteiger partial charge is 0.0857 e. The van der Waals surface area contributed by atoms with Crippen LogP contribution in [0.1, 0.15) is 12.8 Å². The van der Waals surface area contributed by atoms with Gasteiger partial charge in [-0.3, -0.25) is 0 Å². The van der Waals surface area contributed by atoms with Gasteiger partial charge in [0.2, 0.25) is 0 Å². The molecule has 3 nitrogen and oxygen atoms in total. The predicted octanol–water partition coefficient (Wildman–Crippen LogP) is 1.28. The summed E-state index contributed by atoms with van der Waals surface area (Å²) in [6, 6.07) is 0. The number of methoxy groups -OCH3 is 3. The second kappa shape index (κ2) is 4.94. The molecule has 1 saturated carbocycles. The molecule has 1 aliphatic rings. The Hall–Kier alpha value is -0.120. The standard InChI is InChI=1S/C10H19O3/c1-7-5-9(12-3)10(13-4)6-8(7)11-2/h7-10H,1,5-6H2,2-4H3. The highest BCUT2D eigenvalue weighted by molar-refractivity contribution is 4.88. The zero-order valence-electron chi connectivity index (χ0n) is 8.66. The number of rotatable bonds is 3. The van der Waals surface area contributed by atoms with Crippen molar-refractivity contribution in [2.45, 2.75) is 31.2 Å². The monoisotopic (exact) mass is 187 g/mol. The maximum atomic E-state index is 5.34. The molecule has 0 bridgehead atoms. The Kier molecular flexibility index (Phi) is 4.16. The lowest BCUT2D eigenvalue weighted by Crippen LogP contribution is -2.43. The van der Waals surface area contributed by atoms with Crippen LogP contribution in [0.3, 0.4) is 0 Å². The van der Waals surface area contributed by atoms with Crippen LogP contribution in [0.25, 0.3) is 0 Å². The van der Waals surface area contributed by atoms with E-state index in [1.54, 1.807) is 21.3 Å². The van der Waals surface area contributed by atoms with Crippen LogP contribution >= 0.6 is 0 Å². The third kappa shape index (κ3) is 2.42.